The minimum absolute atomic E-state index is 0.0600. The lowest BCUT2D eigenvalue weighted by molar-refractivity contribution is -0.119. The van der Waals surface area contributed by atoms with Gasteiger partial charge in [0.15, 0.2) is 0 Å². The lowest BCUT2D eigenvalue weighted by Crippen LogP contribution is -2.38. The second-order valence-corrected chi connectivity index (χ2v) is 10.3. The highest BCUT2D eigenvalue weighted by atomic mass is 79.9. The van der Waals surface area contributed by atoms with Gasteiger partial charge in [0.25, 0.3) is 0 Å². The Kier molecular flexibility index (Phi) is 6.08. The van der Waals surface area contributed by atoms with Crippen LogP contribution in [0.5, 0.6) is 0 Å². The van der Waals surface area contributed by atoms with Crippen LogP contribution in [0.15, 0.2) is 21.5 Å². The van der Waals surface area contributed by atoms with Crippen LogP contribution in [0, 0.1) is 5.92 Å². The number of ether oxygens (including phenoxy) is 1. The zero-order chi connectivity index (χ0) is 19.7. The Morgan fingerprint density at radius 1 is 1.21 bits per heavy atom. The first-order chi connectivity index (χ1) is 13.5. The third-order valence-corrected chi connectivity index (χ3v) is 7.45. The molecular weight excluding hydrogens is 446 g/mol. The number of morpholine rings is 1. The maximum Gasteiger partial charge on any atom is 0.242 e. The van der Waals surface area contributed by atoms with Gasteiger partial charge < -0.3 is 9.64 Å². The molecule has 1 aromatic carbocycles. The Bertz CT molecular complexity index is 851. The molecule has 4 rings (SSSR count). The monoisotopic (exact) mass is 471 g/mol. The number of fused-ring (bicyclic) bond motifs is 1. The van der Waals surface area contributed by atoms with Gasteiger partial charge in [-0.25, -0.2) is 13.1 Å². The molecule has 0 bridgehead atoms. The molecule has 28 heavy (non-hydrogen) atoms. The van der Waals surface area contributed by atoms with Crippen LogP contribution in [-0.2, 0) is 26.0 Å². The average Bonchev–Trinajstić information content (AvgIpc) is 3.45. The molecule has 1 aromatic rings. The molecule has 2 aliphatic heterocycles. The van der Waals surface area contributed by atoms with E-state index in [1.807, 2.05) is 6.07 Å². The van der Waals surface area contributed by atoms with Crippen LogP contribution in [0.3, 0.4) is 0 Å². The van der Waals surface area contributed by atoms with Crippen molar-refractivity contribution in [3.05, 3.63) is 22.2 Å². The Balaban J connectivity index is 1.47. The number of benzene rings is 1. The molecule has 9 heteroatoms. The van der Waals surface area contributed by atoms with E-state index in [0.717, 1.165) is 62.1 Å². The first-order valence-electron chi connectivity index (χ1n) is 9.89. The van der Waals surface area contributed by atoms with E-state index >= 15 is 0 Å². The molecule has 2 heterocycles. The molecule has 1 amide bonds. The summed E-state index contributed by atoms with van der Waals surface area (Å²) >= 11 is 3.43. The summed E-state index contributed by atoms with van der Waals surface area (Å²) in [4.78, 5) is 16.8. The molecular formula is C19H26BrN3O4S. The summed E-state index contributed by atoms with van der Waals surface area (Å²) < 4.78 is 34.9. The highest BCUT2D eigenvalue weighted by molar-refractivity contribution is 9.10. The molecule has 0 atom stereocenters. The minimum atomic E-state index is -3.70. The number of hydrogen-bond acceptors (Lipinski definition) is 5. The van der Waals surface area contributed by atoms with Gasteiger partial charge in [0.1, 0.15) is 4.90 Å². The number of anilines is 1. The summed E-state index contributed by atoms with van der Waals surface area (Å²) in [5.41, 5.74) is 1.48. The van der Waals surface area contributed by atoms with Crippen molar-refractivity contribution in [2.24, 2.45) is 5.92 Å². The van der Waals surface area contributed by atoms with Crippen molar-refractivity contribution in [2.45, 2.75) is 30.6 Å². The molecule has 0 unspecified atom stereocenters. The maximum absolute atomic E-state index is 13.0. The molecule has 154 valence electrons. The first kappa shape index (κ1) is 20.3. The fourth-order valence-corrected chi connectivity index (χ4v) is 5.86. The number of hydrogen-bond donors (Lipinski definition) is 1. The predicted octanol–water partition coefficient (Wildman–Crippen LogP) is 1.75. The Morgan fingerprint density at radius 3 is 2.68 bits per heavy atom. The second-order valence-electron chi connectivity index (χ2n) is 7.63. The van der Waals surface area contributed by atoms with Gasteiger partial charge in [-0.05, 0) is 49.9 Å². The molecule has 1 aliphatic carbocycles. The van der Waals surface area contributed by atoms with Crippen LogP contribution >= 0.6 is 15.9 Å². The van der Waals surface area contributed by atoms with E-state index in [-0.39, 0.29) is 16.7 Å². The van der Waals surface area contributed by atoms with Crippen molar-refractivity contribution in [1.29, 1.82) is 0 Å². The third kappa shape index (κ3) is 4.43. The summed E-state index contributed by atoms with van der Waals surface area (Å²) in [6.45, 7) is 5.03. The van der Waals surface area contributed by atoms with Crippen LogP contribution in [0.25, 0.3) is 0 Å². The normalized spacial score (nSPS) is 20.4. The highest BCUT2D eigenvalue weighted by Crippen LogP contribution is 2.41. The largest absolute Gasteiger partial charge is 0.379 e. The lowest BCUT2D eigenvalue weighted by atomic mass is 10.2. The van der Waals surface area contributed by atoms with Crippen molar-refractivity contribution in [2.75, 3.05) is 50.8 Å². The van der Waals surface area contributed by atoms with E-state index in [1.165, 1.54) is 0 Å². The van der Waals surface area contributed by atoms with Gasteiger partial charge in [-0.2, -0.15) is 0 Å². The SMILES string of the molecule is O=C(C1CC1)N1CCc2cc(Br)cc(S(=O)(=O)NCCCN3CCOCC3)c21. The molecule has 7 nitrogen and oxygen atoms in total. The van der Waals surface area contributed by atoms with Crippen LogP contribution in [0.2, 0.25) is 0 Å². The maximum atomic E-state index is 13.0. The first-order valence-corrected chi connectivity index (χ1v) is 12.2. The number of carbonyl (C=O) groups is 1. The van der Waals surface area contributed by atoms with E-state index in [4.69, 9.17) is 4.74 Å². The van der Waals surface area contributed by atoms with Gasteiger partial charge in [0.2, 0.25) is 15.9 Å². The van der Waals surface area contributed by atoms with Crippen molar-refractivity contribution in [1.82, 2.24) is 9.62 Å². The van der Waals surface area contributed by atoms with E-state index in [1.54, 1.807) is 11.0 Å². The Hall–Kier alpha value is -1.00. The smallest absolute Gasteiger partial charge is 0.242 e. The molecule has 1 saturated heterocycles. The van der Waals surface area contributed by atoms with Crippen LogP contribution in [-0.4, -0.2) is 65.2 Å². The Morgan fingerprint density at radius 2 is 1.96 bits per heavy atom. The summed E-state index contributed by atoms with van der Waals surface area (Å²) in [7, 11) is -3.70. The van der Waals surface area contributed by atoms with E-state index in [9.17, 15) is 13.2 Å². The molecule has 0 spiro atoms. The van der Waals surface area contributed by atoms with Crippen molar-refractivity contribution in [3.8, 4) is 0 Å². The Labute approximate surface area is 174 Å². The number of amides is 1. The van der Waals surface area contributed by atoms with Crippen molar-refractivity contribution >= 4 is 37.5 Å². The molecule has 2 fully saturated rings. The van der Waals surface area contributed by atoms with Crippen molar-refractivity contribution < 1.29 is 17.9 Å². The molecule has 1 saturated carbocycles. The van der Waals surface area contributed by atoms with Crippen LogP contribution in [0.1, 0.15) is 24.8 Å². The van der Waals surface area contributed by atoms with Crippen LogP contribution < -0.4 is 9.62 Å². The number of nitrogens with one attached hydrogen (secondary N) is 1. The minimum Gasteiger partial charge on any atom is -0.379 e. The number of nitrogens with zero attached hydrogens (tertiary/aromatic N) is 2. The van der Waals surface area contributed by atoms with Crippen molar-refractivity contribution in [3.63, 3.8) is 0 Å². The quantitative estimate of drug-likeness (QED) is 0.612. The summed E-state index contributed by atoms with van der Waals surface area (Å²) in [5, 5.41) is 0. The van der Waals surface area contributed by atoms with Gasteiger partial charge in [-0.3, -0.25) is 9.69 Å². The van der Waals surface area contributed by atoms with E-state index < -0.39 is 10.0 Å². The number of rotatable bonds is 7. The average molecular weight is 472 g/mol. The number of carbonyl (C=O) groups excluding carboxylic acids is 1. The van der Waals surface area contributed by atoms with Gasteiger partial charge >= 0.3 is 0 Å². The lowest BCUT2D eigenvalue weighted by Gasteiger charge is -2.26. The molecule has 0 radical (unpaired) electrons. The number of sulfonamides is 1. The van der Waals surface area contributed by atoms with Gasteiger partial charge in [-0.1, -0.05) is 15.9 Å². The fourth-order valence-electron chi connectivity index (χ4n) is 3.86. The van der Waals surface area contributed by atoms with Gasteiger partial charge in [-0.15, -0.1) is 0 Å². The topological polar surface area (TPSA) is 79.0 Å². The molecule has 1 N–H and O–H groups in total. The predicted molar refractivity (Wildman–Crippen MR) is 110 cm³/mol. The van der Waals surface area contributed by atoms with Gasteiger partial charge in [0.05, 0.1) is 18.9 Å². The second kappa shape index (κ2) is 8.39. The van der Waals surface area contributed by atoms with E-state index in [0.29, 0.717) is 25.2 Å². The summed E-state index contributed by atoms with van der Waals surface area (Å²) in [5.74, 6) is 0.122. The van der Waals surface area contributed by atoms with Crippen LogP contribution in [0.4, 0.5) is 5.69 Å². The summed E-state index contributed by atoms with van der Waals surface area (Å²) in [6, 6.07) is 3.54. The standard InChI is InChI=1S/C19H26BrN3O4S/c20-16-12-15-4-7-23(19(24)14-2-3-14)18(15)17(13-16)28(25,26)21-5-1-6-22-8-10-27-11-9-22/h12-14,21H,1-11H2. The zero-order valence-corrected chi connectivity index (χ0v) is 18.2. The molecule has 3 aliphatic rings. The third-order valence-electron chi connectivity index (χ3n) is 5.52. The highest BCUT2D eigenvalue weighted by Gasteiger charge is 2.39. The van der Waals surface area contributed by atoms with Gasteiger partial charge in [0, 0.05) is 36.6 Å². The fraction of sp³-hybridized carbons (Fsp3) is 0.632. The molecule has 0 aromatic heterocycles. The summed E-state index contributed by atoms with van der Waals surface area (Å²) in [6.07, 6.45) is 3.24. The zero-order valence-electron chi connectivity index (χ0n) is 15.8. The van der Waals surface area contributed by atoms with E-state index in [2.05, 4.69) is 25.6 Å². The number of halogens is 1.